The van der Waals surface area contributed by atoms with Crippen molar-refractivity contribution in [3.8, 4) is 0 Å². The molecule has 0 amide bonds. The van der Waals surface area contributed by atoms with Crippen molar-refractivity contribution in [2.24, 2.45) is 7.05 Å². The normalized spacial score (nSPS) is 12.6. The third-order valence-electron chi connectivity index (χ3n) is 3.15. The third kappa shape index (κ3) is 3.81. The first-order valence-corrected chi connectivity index (χ1v) is 7.81. The van der Waals surface area contributed by atoms with Gasteiger partial charge < -0.3 is 5.32 Å². The van der Waals surface area contributed by atoms with E-state index in [0.717, 1.165) is 34.7 Å². The zero-order valence-electron chi connectivity index (χ0n) is 11.6. The molecule has 1 heterocycles. The van der Waals surface area contributed by atoms with E-state index in [9.17, 15) is 0 Å². The molecule has 2 rings (SSSR count). The highest BCUT2D eigenvalue weighted by Gasteiger charge is 2.19. The van der Waals surface area contributed by atoms with Gasteiger partial charge in [-0.2, -0.15) is 0 Å². The minimum Gasteiger partial charge on any atom is -0.308 e. The first kappa shape index (κ1) is 15.5. The summed E-state index contributed by atoms with van der Waals surface area (Å²) >= 11 is 9.41. The summed E-state index contributed by atoms with van der Waals surface area (Å²) in [7, 11) is 1.91. The average Bonchev–Trinajstić information content (AvgIpc) is 2.77. The monoisotopic (exact) mass is 356 g/mol. The molecule has 0 aliphatic heterocycles. The molecular weight excluding hydrogens is 340 g/mol. The van der Waals surface area contributed by atoms with Crippen LogP contribution in [0.3, 0.4) is 0 Å². The van der Waals surface area contributed by atoms with Crippen LogP contribution in [0.1, 0.15) is 30.6 Å². The van der Waals surface area contributed by atoms with E-state index in [4.69, 9.17) is 11.6 Å². The quantitative estimate of drug-likeness (QED) is 0.860. The molecule has 6 heteroatoms. The molecular formula is C14H18BrClN4. The fraction of sp³-hybridized carbons (Fsp3) is 0.429. The zero-order chi connectivity index (χ0) is 14.5. The molecule has 1 unspecified atom stereocenters. The van der Waals surface area contributed by atoms with Crippen LogP contribution in [-0.2, 0) is 13.5 Å². The molecule has 4 nitrogen and oxygen atoms in total. The van der Waals surface area contributed by atoms with Gasteiger partial charge in [-0.1, -0.05) is 35.9 Å². The molecule has 1 aromatic carbocycles. The van der Waals surface area contributed by atoms with Crippen molar-refractivity contribution in [2.75, 3.05) is 6.54 Å². The summed E-state index contributed by atoms with van der Waals surface area (Å²) in [6.07, 6.45) is 1.96. The second-order valence-corrected chi connectivity index (χ2v) is 5.91. The zero-order valence-corrected chi connectivity index (χ0v) is 13.9. The summed E-state index contributed by atoms with van der Waals surface area (Å²) in [5, 5.41) is 12.4. The summed E-state index contributed by atoms with van der Waals surface area (Å²) < 4.78 is 2.61. The van der Waals surface area contributed by atoms with Crippen LogP contribution in [0.2, 0.25) is 5.02 Å². The second kappa shape index (κ2) is 7.20. The first-order chi connectivity index (χ1) is 9.61. The van der Waals surface area contributed by atoms with Gasteiger partial charge in [-0.25, -0.2) is 4.68 Å². The number of benzene rings is 1. The Hall–Kier alpha value is -0.910. The van der Waals surface area contributed by atoms with E-state index in [1.165, 1.54) is 5.56 Å². The SMILES string of the molecule is CCCNC(Cc1ccc(Cl)cc1)c1c(Br)nnn1C. The number of hydrogen-bond acceptors (Lipinski definition) is 3. The number of nitrogens with zero attached hydrogens (tertiary/aromatic N) is 3. The van der Waals surface area contributed by atoms with Gasteiger partial charge in [0.25, 0.3) is 0 Å². The minimum absolute atomic E-state index is 0.172. The number of nitrogens with one attached hydrogen (secondary N) is 1. The van der Waals surface area contributed by atoms with Crippen LogP contribution < -0.4 is 5.32 Å². The molecule has 0 aliphatic carbocycles. The Kier molecular flexibility index (Phi) is 5.57. The maximum atomic E-state index is 5.93. The van der Waals surface area contributed by atoms with Crippen LogP contribution in [0.5, 0.6) is 0 Å². The Labute approximate surface area is 132 Å². The number of aryl methyl sites for hydroxylation is 1. The molecule has 0 saturated heterocycles. The average molecular weight is 358 g/mol. The first-order valence-electron chi connectivity index (χ1n) is 6.64. The van der Waals surface area contributed by atoms with Gasteiger partial charge in [0.2, 0.25) is 0 Å². The smallest absolute Gasteiger partial charge is 0.153 e. The van der Waals surface area contributed by atoms with Gasteiger partial charge in [-0.05, 0) is 53.0 Å². The lowest BCUT2D eigenvalue weighted by Gasteiger charge is -2.19. The molecule has 0 radical (unpaired) electrons. The van der Waals surface area contributed by atoms with Gasteiger partial charge in [-0.15, -0.1) is 5.10 Å². The summed E-state index contributed by atoms with van der Waals surface area (Å²) in [6.45, 7) is 3.11. The maximum absolute atomic E-state index is 5.93. The summed E-state index contributed by atoms with van der Waals surface area (Å²) in [5.41, 5.74) is 2.30. The lowest BCUT2D eigenvalue weighted by molar-refractivity contribution is 0.491. The largest absolute Gasteiger partial charge is 0.308 e. The van der Waals surface area contributed by atoms with E-state index in [1.807, 2.05) is 23.9 Å². The van der Waals surface area contributed by atoms with Crippen LogP contribution in [-0.4, -0.2) is 21.5 Å². The molecule has 0 saturated carbocycles. The van der Waals surface area contributed by atoms with Crippen molar-refractivity contribution < 1.29 is 0 Å². The Morgan fingerprint density at radius 1 is 1.35 bits per heavy atom. The highest BCUT2D eigenvalue weighted by Crippen LogP contribution is 2.24. The lowest BCUT2D eigenvalue weighted by Crippen LogP contribution is -2.26. The predicted molar refractivity (Wildman–Crippen MR) is 84.9 cm³/mol. The molecule has 0 aliphatic rings. The van der Waals surface area contributed by atoms with Gasteiger partial charge in [0.15, 0.2) is 4.60 Å². The summed E-state index contributed by atoms with van der Waals surface area (Å²) in [4.78, 5) is 0. The number of rotatable bonds is 6. The van der Waals surface area contributed by atoms with Gasteiger partial charge in [-0.3, -0.25) is 0 Å². The van der Waals surface area contributed by atoms with Crippen molar-refractivity contribution in [1.82, 2.24) is 20.3 Å². The van der Waals surface area contributed by atoms with E-state index < -0.39 is 0 Å². The van der Waals surface area contributed by atoms with Crippen LogP contribution >= 0.6 is 27.5 Å². The van der Waals surface area contributed by atoms with Crippen molar-refractivity contribution in [3.63, 3.8) is 0 Å². The van der Waals surface area contributed by atoms with Crippen LogP contribution in [0, 0.1) is 0 Å². The van der Waals surface area contributed by atoms with Crippen molar-refractivity contribution in [2.45, 2.75) is 25.8 Å². The van der Waals surface area contributed by atoms with E-state index in [1.54, 1.807) is 0 Å². The lowest BCUT2D eigenvalue weighted by atomic mass is 10.0. The van der Waals surface area contributed by atoms with Crippen LogP contribution in [0.4, 0.5) is 0 Å². The van der Waals surface area contributed by atoms with Gasteiger partial charge in [0, 0.05) is 12.1 Å². The van der Waals surface area contributed by atoms with E-state index >= 15 is 0 Å². The maximum Gasteiger partial charge on any atom is 0.153 e. The Morgan fingerprint density at radius 3 is 2.60 bits per heavy atom. The third-order valence-corrected chi connectivity index (χ3v) is 3.97. The molecule has 0 bridgehead atoms. The molecule has 1 atom stereocenters. The van der Waals surface area contributed by atoms with E-state index in [2.05, 4.69) is 50.6 Å². The molecule has 1 aromatic heterocycles. The molecule has 1 N–H and O–H groups in total. The molecule has 2 aromatic rings. The van der Waals surface area contributed by atoms with Crippen LogP contribution in [0.25, 0.3) is 0 Å². The summed E-state index contributed by atoms with van der Waals surface area (Å²) in [5.74, 6) is 0. The fourth-order valence-electron chi connectivity index (χ4n) is 2.15. The fourth-order valence-corrected chi connectivity index (χ4v) is 2.88. The van der Waals surface area contributed by atoms with Crippen molar-refractivity contribution >= 4 is 27.5 Å². The van der Waals surface area contributed by atoms with Crippen molar-refractivity contribution in [1.29, 1.82) is 0 Å². The number of hydrogen-bond donors (Lipinski definition) is 1. The van der Waals surface area contributed by atoms with E-state index in [-0.39, 0.29) is 6.04 Å². The predicted octanol–water partition coefficient (Wildman–Crippen LogP) is 3.51. The summed E-state index contributed by atoms with van der Waals surface area (Å²) in [6, 6.07) is 8.13. The Bertz CT molecular complexity index is 533. The minimum atomic E-state index is 0.172. The number of aromatic nitrogens is 3. The second-order valence-electron chi connectivity index (χ2n) is 4.73. The van der Waals surface area contributed by atoms with Gasteiger partial charge in [0.05, 0.1) is 11.7 Å². The molecule has 20 heavy (non-hydrogen) atoms. The van der Waals surface area contributed by atoms with Gasteiger partial charge in [0.1, 0.15) is 0 Å². The highest BCUT2D eigenvalue weighted by molar-refractivity contribution is 9.10. The van der Waals surface area contributed by atoms with Gasteiger partial charge >= 0.3 is 0 Å². The van der Waals surface area contributed by atoms with E-state index in [0.29, 0.717) is 0 Å². The highest BCUT2D eigenvalue weighted by atomic mass is 79.9. The number of halogens is 2. The standard InChI is InChI=1S/C14H18BrClN4/c1-3-8-17-12(13-14(15)18-19-20(13)2)9-10-4-6-11(16)7-5-10/h4-7,12,17H,3,8-9H2,1-2H3. The topological polar surface area (TPSA) is 42.7 Å². The Morgan fingerprint density at radius 2 is 2.05 bits per heavy atom. The van der Waals surface area contributed by atoms with Crippen molar-refractivity contribution in [3.05, 3.63) is 45.1 Å². The molecule has 108 valence electrons. The van der Waals surface area contributed by atoms with Crippen LogP contribution in [0.15, 0.2) is 28.9 Å². The molecule has 0 fully saturated rings. The molecule has 0 spiro atoms. The Balaban J connectivity index is 2.21.